The van der Waals surface area contributed by atoms with Gasteiger partial charge in [0.05, 0.1) is 0 Å². The number of hydrogen-bond acceptors (Lipinski definition) is 1. The van der Waals surface area contributed by atoms with Gasteiger partial charge in [-0.2, -0.15) is 13.2 Å². The Kier molecular flexibility index (Phi) is 4.53. The number of benzene rings is 1. The van der Waals surface area contributed by atoms with Crippen molar-refractivity contribution in [1.82, 2.24) is 4.90 Å². The van der Waals surface area contributed by atoms with Crippen LogP contribution in [0.2, 0.25) is 0 Å². The zero-order valence-electron chi connectivity index (χ0n) is 9.95. The fraction of sp³-hybridized carbons (Fsp3) is 0.308. The van der Waals surface area contributed by atoms with Crippen molar-refractivity contribution in [3.05, 3.63) is 48.6 Å². The normalized spacial score (nSPS) is 12.9. The van der Waals surface area contributed by atoms with E-state index >= 15 is 0 Å². The molecule has 0 N–H and O–H groups in total. The van der Waals surface area contributed by atoms with Gasteiger partial charge >= 0.3 is 6.18 Å². The molecule has 0 aromatic heterocycles. The number of amides is 1. The lowest BCUT2D eigenvalue weighted by Gasteiger charge is -2.30. The maximum atomic E-state index is 12.8. The van der Waals surface area contributed by atoms with Gasteiger partial charge in [0, 0.05) is 13.5 Å². The number of nitrogens with zero attached hydrogens (tertiary/aromatic N) is 1. The largest absolute Gasteiger partial charge is 0.412 e. The molecule has 1 aromatic rings. The van der Waals surface area contributed by atoms with E-state index in [4.69, 9.17) is 0 Å². The standard InChI is InChI=1S/C13H14F3NO/c1-3-12(13(14,15)16)17(10(2)18)9-11-7-5-4-6-8-11/h3-8,12H,1,9H2,2H3. The molecule has 1 rings (SSSR count). The maximum absolute atomic E-state index is 12.8. The second-order valence-electron chi connectivity index (χ2n) is 3.85. The van der Waals surface area contributed by atoms with Gasteiger partial charge in [-0.3, -0.25) is 4.79 Å². The van der Waals surface area contributed by atoms with Crippen LogP contribution in [0.3, 0.4) is 0 Å². The third kappa shape index (κ3) is 3.61. The molecule has 0 radical (unpaired) electrons. The van der Waals surface area contributed by atoms with E-state index in [0.29, 0.717) is 5.56 Å². The molecule has 0 aliphatic rings. The Morgan fingerprint density at radius 2 is 1.94 bits per heavy atom. The lowest BCUT2D eigenvalue weighted by molar-refractivity contribution is -0.179. The van der Waals surface area contributed by atoms with Crippen LogP contribution >= 0.6 is 0 Å². The van der Waals surface area contributed by atoms with Crippen LogP contribution in [0.1, 0.15) is 12.5 Å². The summed E-state index contributed by atoms with van der Waals surface area (Å²) in [6.45, 7) is 4.18. The van der Waals surface area contributed by atoms with Crippen LogP contribution in [-0.4, -0.2) is 23.0 Å². The Morgan fingerprint density at radius 3 is 2.33 bits per heavy atom. The molecule has 0 spiro atoms. The molecule has 98 valence electrons. The molecule has 0 saturated heterocycles. The van der Waals surface area contributed by atoms with E-state index in [1.54, 1.807) is 30.3 Å². The summed E-state index contributed by atoms with van der Waals surface area (Å²) >= 11 is 0. The predicted molar refractivity (Wildman–Crippen MR) is 62.7 cm³/mol. The van der Waals surface area contributed by atoms with Crippen molar-refractivity contribution < 1.29 is 18.0 Å². The van der Waals surface area contributed by atoms with Crippen LogP contribution in [0.15, 0.2) is 43.0 Å². The minimum atomic E-state index is -4.51. The first-order valence-electron chi connectivity index (χ1n) is 5.36. The van der Waals surface area contributed by atoms with Crippen LogP contribution in [-0.2, 0) is 11.3 Å². The monoisotopic (exact) mass is 257 g/mol. The summed E-state index contributed by atoms with van der Waals surface area (Å²) in [6.07, 6.45) is -3.77. The number of halogens is 3. The van der Waals surface area contributed by atoms with Crippen LogP contribution in [0.4, 0.5) is 13.2 Å². The van der Waals surface area contributed by atoms with Crippen molar-refractivity contribution in [2.75, 3.05) is 0 Å². The highest BCUT2D eigenvalue weighted by atomic mass is 19.4. The van der Waals surface area contributed by atoms with Gasteiger partial charge in [-0.25, -0.2) is 0 Å². The first kappa shape index (κ1) is 14.3. The van der Waals surface area contributed by atoms with E-state index in [0.717, 1.165) is 17.9 Å². The minimum absolute atomic E-state index is 0.0909. The zero-order chi connectivity index (χ0) is 13.8. The maximum Gasteiger partial charge on any atom is 0.412 e. The van der Waals surface area contributed by atoms with Crippen molar-refractivity contribution in [1.29, 1.82) is 0 Å². The van der Waals surface area contributed by atoms with Gasteiger partial charge in [0.25, 0.3) is 0 Å². The van der Waals surface area contributed by atoms with Crippen LogP contribution in [0, 0.1) is 0 Å². The highest BCUT2D eigenvalue weighted by molar-refractivity contribution is 5.74. The van der Waals surface area contributed by atoms with Gasteiger partial charge in [-0.05, 0) is 5.56 Å². The topological polar surface area (TPSA) is 20.3 Å². The molecule has 0 aliphatic heterocycles. The molecular weight excluding hydrogens is 243 g/mol. The van der Waals surface area contributed by atoms with Crippen molar-refractivity contribution in [3.63, 3.8) is 0 Å². The summed E-state index contributed by atoms with van der Waals surface area (Å²) in [4.78, 5) is 12.1. The van der Waals surface area contributed by atoms with E-state index in [9.17, 15) is 18.0 Å². The molecule has 0 fully saturated rings. The zero-order valence-corrected chi connectivity index (χ0v) is 9.95. The summed E-state index contributed by atoms with van der Waals surface area (Å²) in [6, 6.07) is 6.57. The van der Waals surface area contributed by atoms with Crippen LogP contribution < -0.4 is 0 Å². The Balaban J connectivity index is 2.96. The Labute approximate surface area is 104 Å². The van der Waals surface area contributed by atoms with Crippen LogP contribution in [0.25, 0.3) is 0 Å². The van der Waals surface area contributed by atoms with Gasteiger partial charge in [-0.1, -0.05) is 36.4 Å². The molecule has 0 saturated carbocycles. The molecule has 18 heavy (non-hydrogen) atoms. The Hall–Kier alpha value is -1.78. The third-order valence-corrected chi connectivity index (χ3v) is 2.49. The average molecular weight is 257 g/mol. The van der Waals surface area contributed by atoms with Crippen molar-refractivity contribution in [3.8, 4) is 0 Å². The van der Waals surface area contributed by atoms with E-state index in [2.05, 4.69) is 6.58 Å². The first-order valence-corrected chi connectivity index (χ1v) is 5.36. The quantitative estimate of drug-likeness (QED) is 0.759. The molecule has 0 bridgehead atoms. The lowest BCUT2D eigenvalue weighted by Crippen LogP contribution is -2.46. The second kappa shape index (κ2) is 5.71. The second-order valence-corrected chi connectivity index (χ2v) is 3.85. The van der Waals surface area contributed by atoms with Crippen LogP contribution in [0.5, 0.6) is 0 Å². The van der Waals surface area contributed by atoms with Gasteiger partial charge in [-0.15, -0.1) is 6.58 Å². The molecule has 1 unspecified atom stereocenters. The molecule has 0 heterocycles. The fourth-order valence-corrected chi connectivity index (χ4v) is 1.62. The number of carbonyl (C=O) groups excluding carboxylic acids is 1. The SMILES string of the molecule is C=CC(N(Cc1ccccc1)C(C)=O)C(F)(F)F. The van der Waals surface area contributed by atoms with Crippen molar-refractivity contribution in [2.45, 2.75) is 25.7 Å². The molecule has 1 aromatic carbocycles. The summed E-state index contributed by atoms with van der Waals surface area (Å²) in [7, 11) is 0. The number of alkyl halides is 3. The lowest BCUT2D eigenvalue weighted by atomic mass is 10.1. The van der Waals surface area contributed by atoms with Gasteiger partial charge < -0.3 is 4.90 Å². The van der Waals surface area contributed by atoms with E-state index in [1.165, 1.54) is 0 Å². The summed E-state index contributed by atoms with van der Waals surface area (Å²) in [5, 5.41) is 0. The molecule has 5 heteroatoms. The van der Waals surface area contributed by atoms with E-state index < -0.39 is 18.1 Å². The molecular formula is C13H14F3NO. The van der Waals surface area contributed by atoms with E-state index in [1.807, 2.05) is 0 Å². The minimum Gasteiger partial charge on any atom is -0.323 e. The number of rotatable bonds is 4. The molecule has 1 atom stereocenters. The Bertz CT molecular complexity index is 414. The third-order valence-electron chi connectivity index (χ3n) is 2.49. The average Bonchev–Trinajstić information content (AvgIpc) is 2.28. The van der Waals surface area contributed by atoms with Gasteiger partial charge in [0.1, 0.15) is 6.04 Å². The van der Waals surface area contributed by atoms with Gasteiger partial charge in [0.15, 0.2) is 0 Å². The Morgan fingerprint density at radius 1 is 1.39 bits per heavy atom. The fourth-order valence-electron chi connectivity index (χ4n) is 1.62. The predicted octanol–water partition coefficient (Wildman–Crippen LogP) is 3.15. The first-order chi connectivity index (χ1) is 8.36. The number of carbonyl (C=O) groups is 1. The van der Waals surface area contributed by atoms with E-state index in [-0.39, 0.29) is 6.54 Å². The summed E-state index contributed by atoms with van der Waals surface area (Å²) in [5.74, 6) is -0.638. The highest BCUT2D eigenvalue weighted by Crippen LogP contribution is 2.27. The molecule has 1 amide bonds. The molecule has 2 nitrogen and oxygen atoms in total. The summed E-state index contributed by atoms with van der Waals surface area (Å²) < 4.78 is 38.3. The van der Waals surface area contributed by atoms with Crippen molar-refractivity contribution in [2.24, 2.45) is 0 Å². The summed E-state index contributed by atoms with van der Waals surface area (Å²) in [5.41, 5.74) is 0.642. The smallest absolute Gasteiger partial charge is 0.323 e. The number of hydrogen-bond donors (Lipinski definition) is 0. The van der Waals surface area contributed by atoms with Crippen molar-refractivity contribution >= 4 is 5.91 Å². The molecule has 0 aliphatic carbocycles. The highest BCUT2D eigenvalue weighted by Gasteiger charge is 2.42. The van der Waals surface area contributed by atoms with Gasteiger partial charge in [0.2, 0.25) is 5.91 Å².